The molecule has 0 aliphatic heterocycles. The molecule has 1 fully saturated rings. The third-order valence-electron chi connectivity index (χ3n) is 2.52. The molecule has 0 radical (unpaired) electrons. The van der Waals surface area contributed by atoms with Crippen LogP contribution in [0.3, 0.4) is 0 Å². The third kappa shape index (κ3) is 2.34. The van der Waals surface area contributed by atoms with Crippen molar-refractivity contribution in [2.24, 2.45) is 5.92 Å². The quantitative estimate of drug-likeness (QED) is 0.768. The first-order valence-corrected chi connectivity index (χ1v) is 4.97. The number of hydrogen-bond donors (Lipinski definition) is 1. The molecule has 0 bridgehead atoms. The van der Waals surface area contributed by atoms with Gasteiger partial charge in [0.15, 0.2) is 0 Å². The minimum Gasteiger partial charge on any atom is -0.481 e. The Morgan fingerprint density at radius 1 is 1.64 bits per heavy atom. The van der Waals surface area contributed by atoms with Gasteiger partial charge in [-0.3, -0.25) is 4.79 Å². The van der Waals surface area contributed by atoms with Crippen LogP contribution in [0.15, 0.2) is 12.4 Å². The maximum Gasteiger partial charge on any atom is 0.303 e. The maximum absolute atomic E-state index is 10.4. The molecule has 1 aliphatic carbocycles. The summed E-state index contributed by atoms with van der Waals surface area (Å²) in [6.07, 6.45) is 7.00. The van der Waals surface area contributed by atoms with Crippen LogP contribution in [0.4, 0.5) is 0 Å². The van der Waals surface area contributed by atoms with E-state index >= 15 is 0 Å². The Morgan fingerprint density at radius 2 is 2.43 bits per heavy atom. The second-order valence-corrected chi connectivity index (χ2v) is 3.83. The topological polar surface area (TPSA) is 55.1 Å². The predicted octanol–water partition coefficient (Wildman–Crippen LogP) is 1.31. The average Bonchev–Trinajstić information content (AvgIpc) is 2.81. The van der Waals surface area contributed by atoms with Crippen LogP contribution in [0.5, 0.6) is 0 Å². The highest BCUT2D eigenvalue weighted by Gasteiger charge is 2.22. The predicted molar refractivity (Wildman–Crippen MR) is 50.9 cm³/mol. The minimum absolute atomic E-state index is 0.168. The van der Waals surface area contributed by atoms with Gasteiger partial charge in [-0.05, 0) is 18.8 Å². The Labute approximate surface area is 82.6 Å². The number of nitrogens with zero attached hydrogens (tertiary/aromatic N) is 2. The first-order chi connectivity index (χ1) is 6.75. The van der Waals surface area contributed by atoms with Gasteiger partial charge in [-0.15, -0.1) is 0 Å². The van der Waals surface area contributed by atoms with Crippen molar-refractivity contribution >= 4 is 5.97 Å². The third-order valence-corrected chi connectivity index (χ3v) is 2.52. The number of aliphatic carboxylic acids is 1. The Balaban J connectivity index is 1.93. The van der Waals surface area contributed by atoms with Crippen molar-refractivity contribution in [3.63, 3.8) is 0 Å². The summed E-state index contributed by atoms with van der Waals surface area (Å²) < 4.78 is 2.08. The minimum atomic E-state index is -0.758. The van der Waals surface area contributed by atoms with E-state index < -0.39 is 5.97 Å². The molecule has 0 unspecified atom stereocenters. The smallest absolute Gasteiger partial charge is 0.303 e. The lowest BCUT2D eigenvalue weighted by atomic mass is 10.3. The van der Waals surface area contributed by atoms with E-state index in [1.165, 1.54) is 12.8 Å². The zero-order valence-electron chi connectivity index (χ0n) is 8.02. The molecule has 0 amide bonds. The van der Waals surface area contributed by atoms with Crippen LogP contribution < -0.4 is 0 Å². The first-order valence-electron chi connectivity index (χ1n) is 4.97. The second-order valence-electron chi connectivity index (χ2n) is 3.83. The Kier molecular flexibility index (Phi) is 2.52. The zero-order chi connectivity index (χ0) is 9.97. The van der Waals surface area contributed by atoms with Crippen molar-refractivity contribution in [3.8, 4) is 0 Å². The standard InChI is InChI=1S/C10H14N2O2/c13-10(14)4-3-9-11-5-6-12(9)7-8-1-2-8/h5-6,8H,1-4,7H2,(H,13,14). The second kappa shape index (κ2) is 3.82. The van der Waals surface area contributed by atoms with Gasteiger partial charge in [0.1, 0.15) is 5.82 Å². The molecule has 1 aliphatic rings. The fourth-order valence-corrected chi connectivity index (χ4v) is 1.53. The molecule has 2 rings (SSSR count). The largest absolute Gasteiger partial charge is 0.481 e. The fraction of sp³-hybridized carbons (Fsp3) is 0.600. The monoisotopic (exact) mass is 194 g/mol. The number of carbonyl (C=O) groups is 1. The molecule has 1 saturated carbocycles. The van der Waals surface area contributed by atoms with Gasteiger partial charge in [-0.2, -0.15) is 0 Å². The van der Waals surface area contributed by atoms with Crippen LogP contribution >= 0.6 is 0 Å². The van der Waals surface area contributed by atoms with E-state index in [1.807, 2.05) is 6.20 Å². The highest BCUT2D eigenvalue weighted by atomic mass is 16.4. The number of carboxylic acids is 1. The van der Waals surface area contributed by atoms with Crippen molar-refractivity contribution in [3.05, 3.63) is 18.2 Å². The van der Waals surface area contributed by atoms with Gasteiger partial charge < -0.3 is 9.67 Å². The van der Waals surface area contributed by atoms with E-state index in [1.54, 1.807) is 6.20 Å². The molecule has 4 nitrogen and oxygen atoms in total. The molecular weight excluding hydrogens is 180 g/mol. The molecule has 14 heavy (non-hydrogen) atoms. The molecule has 1 aromatic heterocycles. The van der Waals surface area contributed by atoms with E-state index in [2.05, 4.69) is 9.55 Å². The van der Waals surface area contributed by atoms with Crippen molar-refractivity contribution in [2.75, 3.05) is 0 Å². The summed E-state index contributed by atoms with van der Waals surface area (Å²) in [5.41, 5.74) is 0. The maximum atomic E-state index is 10.4. The summed E-state index contributed by atoms with van der Waals surface area (Å²) in [5, 5.41) is 8.56. The van der Waals surface area contributed by atoms with Crippen molar-refractivity contribution in [1.29, 1.82) is 0 Å². The fourth-order valence-electron chi connectivity index (χ4n) is 1.53. The molecule has 0 aromatic carbocycles. The van der Waals surface area contributed by atoms with Crippen LogP contribution in [-0.2, 0) is 17.8 Å². The summed E-state index contributed by atoms with van der Waals surface area (Å²) in [6, 6.07) is 0. The van der Waals surface area contributed by atoms with Gasteiger partial charge >= 0.3 is 5.97 Å². The molecular formula is C10H14N2O2. The SMILES string of the molecule is O=C(O)CCc1nccn1CC1CC1. The number of aromatic nitrogens is 2. The van der Waals surface area contributed by atoms with E-state index in [0.29, 0.717) is 6.42 Å². The molecule has 0 saturated heterocycles. The summed E-state index contributed by atoms with van der Waals surface area (Å²) in [4.78, 5) is 14.6. The van der Waals surface area contributed by atoms with Crippen molar-refractivity contribution in [2.45, 2.75) is 32.2 Å². The van der Waals surface area contributed by atoms with Crippen LogP contribution in [0.25, 0.3) is 0 Å². The Hall–Kier alpha value is -1.32. The van der Waals surface area contributed by atoms with Crippen LogP contribution in [0, 0.1) is 5.92 Å². The van der Waals surface area contributed by atoms with Crippen LogP contribution in [0.1, 0.15) is 25.1 Å². The molecule has 76 valence electrons. The highest BCUT2D eigenvalue weighted by Crippen LogP contribution is 2.30. The van der Waals surface area contributed by atoms with Gasteiger partial charge in [0, 0.05) is 25.4 Å². The number of imidazole rings is 1. The van der Waals surface area contributed by atoms with Gasteiger partial charge in [0.05, 0.1) is 6.42 Å². The van der Waals surface area contributed by atoms with Crippen molar-refractivity contribution in [1.82, 2.24) is 9.55 Å². The molecule has 0 spiro atoms. The number of carboxylic acid groups (broad SMARTS) is 1. The molecule has 4 heteroatoms. The van der Waals surface area contributed by atoms with E-state index in [-0.39, 0.29) is 6.42 Å². The normalized spacial score (nSPS) is 15.7. The van der Waals surface area contributed by atoms with Crippen LogP contribution in [-0.4, -0.2) is 20.6 Å². The molecule has 1 N–H and O–H groups in total. The summed E-state index contributed by atoms with van der Waals surface area (Å²) in [5.74, 6) is 0.943. The van der Waals surface area contributed by atoms with E-state index in [0.717, 1.165) is 18.3 Å². The van der Waals surface area contributed by atoms with Gasteiger partial charge in [-0.25, -0.2) is 4.98 Å². The molecule has 0 atom stereocenters. The Bertz CT molecular complexity index is 329. The average molecular weight is 194 g/mol. The van der Waals surface area contributed by atoms with Crippen molar-refractivity contribution < 1.29 is 9.90 Å². The highest BCUT2D eigenvalue weighted by molar-refractivity contribution is 5.66. The van der Waals surface area contributed by atoms with Gasteiger partial charge in [0.25, 0.3) is 0 Å². The summed E-state index contributed by atoms with van der Waals surface area (Å²) in [6.45, 7) is 1.01. The summed E-state index contributed by atoms with van der Waals surface area (Å²) >= 11 is 0. The lowest BCUT2D eigenvalue weighted by Crippen LogP contribution is -2.07. The number of rotatable bonds is 5. The summed E-state index contributed by atoms with van der Waals surface area (Å²) in [7, 11) is 0. The Morgan fingerprint density at radius 3 is 3.07 bits per heavy atom. The van der Waals surface area contributed by atoms with E-state index in [4.69, 9.17) is 5.11 Å². The van der Waals surface area contributed by atoms with Crippen LogP contribution in [0.2, 0.25) is 0 Å². The lowest BCUT2D eigenvalue weighted by Gasteiger charge is -2.04. The van der Waals surface area contributed by atoms with Gasteiger partial charge in [-0.1, -0.05) is 0 Å². The van der Waals surface area contributed by atoms with Gasteiger partial charge in [0.2, 0.25) is 0 Å². The molecule has 1 heterocycles. The number of aryl methyl sites for hydroxylation is 1. The number of hydrogen-bond acceptors (Lipinski definition) is 2. The molecule has 1 aromatic rings. The first kappa shape index (κ1) is 9.24. The zero-order valence-corrected chi connectivity index (χ0v) is 8.02. The lowest BCUT2D eigenvalue weighted by molar-refractivity contribution is -0.137. The van der Waals surface area contributed by atoms with E-state index in [9.17, 15) is 4.79 Å².